The normalized spacial score (nSPS) is 20.1. The van der Waals surface area contributed by atoms with Gasteiger partial charge in [-0.2, -0.15) is 0 Å². The van der Waals surface area contributed by atoms with Crippen LogP contribution in [0.15, 0.2) is 30.5 Å². The number of rotatable bonds is 1. The predicted octanol–water partition coefficient (Wildman–Crippen LogP) is 3.30. The lowest BCUT2D eigenvalue weighted by Gasteiger charge is -2.42. The number of piperidine rings is 1. The molecule has 0 saturated carbocycles. The van der Waals surface area contributed by atoms with E-state index in [0.29, 0.717) is 60.8 Å². The lowest BCUT2D eigenvalue weighted by Crippen LogP contribution is -2.45. The average Bonchev–Trinajstić information content (AvgIpc) is 3.27. The van der Waals surface area contributed by atoms with Crippen LogP contribution in [0.5, 0.6) is 5.75 Å². The van der Waals surface area contributed by atoms with Crippen LogP contribution >= 0.6 is 11.3 Å². The molecule has 0 aliphatic carbocycles. The minimum atomic E-state index is -0.0652. The van der Waals surface area contributed by atoms with E-state index in [1.54, 1.807) is 18.1 Å². The van der Waals surface area contributed by atoms with Gasteiger partial charge in [0, 0.05) is 38.7 Å². The van der Waals surface area contributed by atoms with Crippen LogP contribution in [0.25, 0.3) is 0 Å². The molecule has 0 unspecified atom stereocenters. The first kappa shape index (κ1) is 23.5. The first-order valence-corrected chi connectivity index (χ1v) is 12.3. The van der Waals surface area contributed by atoms with Crippen molar-refractivity contribution in [3.63, 3.8) is 0 Å². The number of likely N-dealkylation sites (tertiary alicyclic amines) is 1. The van der Waals surface area contributed by atoms with Gasteiger partial charge < -0.3 is 25.0 Å². The maximum atomic E-state index is 13.0. The first-order valence-electron chi connectivity index (χ1n) is 11.5. The Kier molecular flexibility index (Phi) is 7.49. The SMILES string of the molecule is CN1CCOCCCCC2(CCN(C(=O)c3cnc(N)s3)CC2)COc2ccccc2C1=O. The van der Waals surface area contributed by atoms with Crippen molar-refractivity contribution in [2.24, 2.45) is 5.41 Å². The number of anilines is 1. The van der Waals surface area contributed by atoms with Crippen molar-refractivity contribution >= 4 is 28.3 Å². The number of para-hydroxylation sites is 1. The van der Waals surface area contributed by atoms with Crippen LogP contribution in [0, 0.1) is 5.41 Å². The number of likely N-dealkylation sites (N-methyl/N-ethyl adjacent to an activating group) is 1. The van der Waals surface area contributed by atoms with Gasteiger partial charge in [-0.1, -0.05) is 29.9 Å². The number of benzene rings is 1. The van der Waals surface area contributed by atoms with Crippen LogP contribution in [0.2, 0.25) is 0 Å². The molecule has 2 aliphatic heterocycles. The Morgan fingerprint density at radius 2 is 1.91 bits per heavy atom. The number of aromatic nitrogens is 1. The standard InChI is InChI=1S/C24H32N4O4S/c1-27-13-15-31-14-5-4-8-24(17-32-19-7-3-2-6-18(19)21(27)29)9-11-28(12-10-24)22(30)20-16-26-23(25)33-20/h2-3,6-7,16H,4-5,8-15,17H2,1H3,(H2,25,26). The van der Waals surface area contributed by atoms with Crippen molar-refractivity contribution in [3.8, 4) is 5.75 Å². The number of nitrogens with zero attached hydrogens (tertiary/aromatic N) is 3. The molecule has 0 radical (unpaired) electrons. The Morgan fingerprint density at radius 3 is 2.67 bits per heavy atom. The molecule has 9 heteroatoms. The number of hydrogen-bond acceptors (Lipinski definition) is 7. The van der Waals surface area contributed by atoms with E-state index < -0.39 is 0 Å². The second-order valence-corrected chi connectivity index (χ2v) is 10.00. The number of carbonyl (C=O) groups excluding carboxylic acids is 2. The van der Waals surface area contributed by atoms with Crippen molar-refractivity contribution in [3.05, 3.63) is 40.9 Å². The quantitative estimate of drug-likeness (QED) is 0.684. The average molecular weight is 473 g/mol. The number of ether oxygens (including phenoxy) is 2. The Labute approximate surface area is 198 Å². The summed E-state index contributed by atoms with van der Waals surface area (Å²) in [4.78, 5) is 34.0. The first-order chi connectivity index (χ1) is 16.0. The number of nitrogen functional groups attached to an aromatic ring is 1. The summed E-state index contributed by atoms with van der Waals surface area (Å²) in [6.07, 6.45) is 6.27. The maximum absolute atomic E-state index is 13.0. The minimum Gasteiger partial charge on any atom is -0.492 e. The predicted molar refractivity (Wildman–Crippen MR) is 128 cm³/mol. The summed E-state index contributed by atoms with van der Waals surface area (Å²) < 4.78 is 12.1. The summed E-state index contributed by atoms with van der Waals surface area (Å²) in [5.74, 6) is 0.545. The summed E-state index contributed by atoms with van der Waals surface area (Å²) >= 11 is 1.23. The highest BCUT2D eigenvalue weighted by molar-refractivity contribution is 7.17. The third-order valence-electron chi connectivity index (χ3n) is 6.66. The number of thiazole rings is 1. The van der Waals surface area contributed by atoms with Crippen molar-refractivity contribution < 1.29 is 19.1 Å². The van der Waals surface area contributed by atoms with Crippen molar-refractivity contribution in [1.29, 1.82) is 0 Å². The van der Waals surface area contributed by atoms with Gasteiger partial charge in [0.05, 0.1) is 25.0 Å². The fraction of sp³-hybridized carbons (Fsp3) is 0.542. The number of fused-ring (bicyclic) bond motifs is 1. The second-order valence-electron chi connectivity index (χ2n) is 8.94. The zero-order chi connectivity index (χ0) is 23.3. The molecule has 0 atom stereocenters. The molecule has 8 nitrogen and oxygen atoms in total. The van der Waals surface area contributed by atoms with Gasteiger partial charge in [-0.3, -0.25) is 9.59 Å². The van der Waals surface area contributed by atoms with Gasteiger partial charge in [0.1, 0.15) is 10.6 Å². The van der Waals surface area contributed by atoms with Crippen LogP contribution in [-0.4, -0.2) is 73.1 Å². The number of carbonyl (C=O) groups is 2. The van der Waals surface area contributed by atoms with Crippen molar-refractivity contribution in [2.75, 3.05) is 52.2 Å². The summed E-state index contributed by atoms with van der Waals surface area (Å²) in [5, 5.41) is 0.410. The van der Waals surface area contributed by atoms with Gasteiger partial charge >= 0.3 is 0 Å². The molecule has 2 aliphatic rings. The second kappa shape index (κ2) is 10.5. The minimum absolute atomic E-state index is 0.00626. The van der Waals surface area contributed by atoms with E-state index in [4.69, 9.17) is 15.2 Å². The monoisotopic (exact) mass is 472 g/mol. The molecule has 2 N–H and O–H groups in total. The van der Waals surface area contributed by atoms with Gasteiger partial charge in [0.2, 0.25) is 0 Å². The van der Waals surface area contributed by atoms with E-state index >= 15 is 0 Å². The van der Waals surface area contributed by atoms with Gasteiger partial charge in [0.15, 0.2) is 5.13 Å². The Balaban J connectivity index is 1.49. The van der Waals surface area contributed by atoms with Crippen LogP contribution in [0.1, 0.15) is 52.1 Å². The van der Waals surface area contributed by atoms with Crippen LogP contribution in [-0.2, 0) is 4.74 Å². The molecule has 4 rings (SSSR count). The lowest BCUT2D eigenvalue weighted by atomic mass is 9.75. The molecule has 1 aromatic heterocycles. The molecule has 178 valence electrons. The van der Waals surface area contributed by atoms with E-state index in [1.165, 1.54) is 11.3 Å². The zero-order valence-corrected chi connectivity index (χ0v) is 19.9. The highest BCUT2D eigenvalue weighted by atomic mass is 32.1. The fourth-order valence-corrected chi connectivity index (χ4v) is 5.16. The van der Waals surface area contributed by atoms with E-state index in [0.717, 1.165) is 32.1 Å². The van der Waals surface area contributed by atoms with Crippen LogP contribution in [0.4, 0.5) is 5.13 Å². The molecule has 33 heavy (non-hydrogen) atoms. The molecular formula is C24H32N4O4S. The summed E-state index contributed by atoms with van der Waals surface area (Å²) in [5.41, 5.74) is 6.23. The molecule has 1 spiro atoms. The maximum Gasteiger partial charge on any atom is 0.265 e. The fourth-order valence-electron chi connectivity index (χ4n) is 4.51. The Bertz CT molecular complexity index is 971. The van der Waals surface area contributed by atoms with Gasteiger partial charge in [0.25, 0.3) is 11.8 Å². The smallest absolute Gasteiger partial charge is 0.265 e. The van der Waals surface area contributed by atoms with E-state index in [-0.39, 0.29) is 17.2 Å². The number of nitrogens with two attached hydrogens (primary N) is 1. The van der Waals surface area contributed by atoms with Gasteiger partial charge in [-0.05, 0) is 37.8 Å². The zero-order valence-electron chi connectivity index (χ0n) is 19.1. The van der Waals surface area contributed by atoms with Crippen LogP contribution < -0.4 is 10.5 Å². The topological polar surface area (TPSA) is 98.0 Å². The van der Waals surface area contributed by atoms with Gasteiger partial charge in [-0.15, -0.1) is 0 Å². The van der Waals surface area contributed by atoms with E-state index in [9.17, 15) is 9.59 Å². The molecule has 0 bridgehead atoms. The van der Waals surface area contributed by atoms with Crippen LogP contribution in [0.3, 0.4) is 0 Å². The number of amides is 2. The third-order valence-corrected chi connectivity index (χ3v) is 7.48. The van der Waals surface area contributed by atoms with Crippen molar-refractivity contribution in [2.45, 2.75) is 32.1 Å². The highest BCUT2D eigenvalue weighted by Crippen LogP contribution is 2.38. The van der Waals surface area contributed by atoms with E-state index in [2.05, 4.69) is 4.98 Å². The molecule has 2 amide bonds. The lowest BCUT2D eigenvalue weighted by molar-refractivity contribution is 0.0331. The Morgan fingerprint density at radius 1 is 1.12 bits per heavy atom. The highest BCUT2D eigenvalue weighted by Gasteiger charge is 2.37. The van der Waals surface area contributed by atoms with Gasteiger partial charge in [-0.25, -0.2) is 4.98 Å². The largest absolute Gasteiger partial charge is 0.492 e. The molecule has 1 fully saturated rings. The van der Waals surface area contributed by atoms with E-state index in [1.807, 2.05) is 29.2 Å². The molecule has 3 heterocycles. The summed E-state index contributed by atoms with van der Waals surface area (Å²) in [6, 6.07) is 7.44. The molecule has 2 aromatic rings. The molecule has 1 aromatic carbocycles. The van der Waals surface area contributed by atoms with Crippen molar-refractivity contribution in [1.82, 2.24) is 14.8 Å². The Hall–Kier alpha value is -2.65. The number of hydrogen-bond donors (Lipinski definition) is 1. The molecule has 1 saturated heterocycles. The molecular weight excluding hydrogens is 440 g/mol. The summed E-state index contributed by atoms with van der Waals surface area (Å²) in [7, 11) is 1.79. The third kappa shape index (κ3) is 5.65. The summed E-state index contributed by atoms with van der Waals surface area (Å²) in [6.45, 7) is 3.62.